The first-order valence-electron chi connectivity index (χ1n) is 8.37. The number of aromatic nitrogens is 1. The maximum Gasteiger partial charge on any atom is 0.0705 e. The van der Waals surface area contributed by atoms with Crippen LogP contribution >= 0.6 is 0 Å². The highest BCUT2D eigenvalue weighted by atomic mass is 14.7. The van der Waals surface area contributed by atoms with Crippen LogP contribution in [0.25, 0.3) is 22.0 Å². The van der Waals surface area contributed by atoms with Crippen molar-refractivity contribution in [3.05, 3.63) is 65.9 Å². The van der Waals surface area contributed by atoms with Gasteiger partial charge in [0.2, 0.25) is 0 Å². The fourth-order valence-electron chi connectivity index (χ4n) is 4.36. The first-order valence-corrected chi connectivity index (χ1v) is 8.37. The summed E-state index contributed by atoms with van der Waals surface area (Å²) in [5.74, 6) is 0. The van der Waals surface area contributed by atoms with Gasteiger partial charge in [-0.15, -0.1) is 0 Å². The third-order valence-corrected chi connectivity index (χ3v) is 5.29. The van der Waals surface area contributed by atoms with Crippen molar-refractivity contribution in [1.82, 2.24) is 4.98 Å². The zero-order valence-electron chi connectivity index (χ0n) is 14.4. The third-order valence-electron chi connectivity index (χ3n) is 5.29. The third kappa shape index (κ3) is 2.26. The normalized spacial score (nSPS) is 18.1. The van der Waals surface area contributed by atoms with E-state index in [-0.39, 0.29) is 10.8 Å². The minimum Gasteiger partial charge on any atom is -0.256 e. The second-order valence-electron chi connectivity index (χ2n) is 8.12. The van der Waals surface area contributed by atoms with E-state index in [4.69, 9.17) is 4.98 Å². The van der Waals surface area contributed by atoms with Gasteiger partial charge in [0.05, 0.1) is 5.69 Å². The van der Waals surface area contributed by atoms with Crippen molar-refractivity contribution in [1.29, 1.82) is 0 Å². The average molecular weight is 301 g/mol. The minimum atomic E-state index is 0.216. The summed E-state index contributed by atoms with van der Waals surface area (Å²) in [6.07, 6.45) is 3.28. The zero-order chi connectivity index (χ0) is 16.2. The molecule has 0 bridgehead atoms. The molecule has 0 radical (unpaired) electrons. The maximum atomic E-state index is 4.79. The Kier molecular flexibility index (Phi) is 2.93. The molecule has 0 N–H and O–H groups in total. The van der Waals surface area contributed by atoms with E-state index in [1.165, 1.54) is 33.9 Å². The fraction of sp³-hybridized carbons (Fsp3) is 0.318. The summed E-state index contributed by atoms with van der Waals surface area (Å²) in [4.78, 5) is 4.79. The van der Waals surface area contributed by atoms with E-state index in [9.17, 15) is 0 Å². The molecule has 0 saturated carbocycles. The summed E-state index contributed by atoms with van der Waals surface area (Å²) in [5, 5.41) is 2.55. The highest BCUT2D eigenvalue weighted by Gasteiger charge is 2.42. The molecule has 116 valence electrons. The summed E-state index contributed by atoms with van der Waals surface area (Å²) in [6, 6.07) is 17.4. The smallest absolute Gasteiger partial charge is 0.0705 e. The molecule has 0 saturated heterocycles. The summed E-state index contributed by atoms with van der Waals surface area (Å²) < 4.78 is 0. The van der Waals surface area contributed by atoms with Gasteiger partial charge < -0.3 is 0 Å². The Labute approximate surface area is 138 Å². The van der Waals surface area contributed by atoms with Gasteiger partial charge in [-0.05, 0) is 51.3 Å². The van der Waals surface area contributed by atoms with E-state index in [0.717, 1.165) is 5.69 Å². The van der Waals surface area contributed by atoms with Crippen molar-refractivity contribution in [2.45, 2.75) is 44.9 Å². The van der Waals surface area contributed by atoms with Crippen molar-refractivity contribution in [2.24, 2.45) is 0 Å². The van der Waals surface area contributed by atoms with Gasteiger partial charge in [-0.2, -0.15) is 0 Å². The Bertz CT molecular complexity index is 903. The largest absolute Gasteiger partial charge is 0.256 e. The van der Waals surface area contributed by atoms with Gasteiger partial charge in [0, 0.05) is 11.8 Å². The molecule has 1 heterocycles. The van der Waals surface area contributed by atoms with Crippen molar-refractivity contribution in [3.63, 3.8) is 0 Å². The van der Waals surface area contributed by atoms with Gasteiger partial charge in [-0.3, -0.25) is 4.98 Å². The molecule has 23 heavy (non-hydrogen) atoms. The van der Waals surface area contributed by atoms with Gasteiger partial charge in [0.1, 0.15) is 0 Å². The molecule has 1 heteroatoms. The molecule has 0 spiro atoms. The average Bonchev–Trinajstić information content (AvgIpc) is 2.71. The molecule has 1 aliphatic rings. The van der Waals surface area contributed by atoms with Crippen LogP contribution in [0.3, 0.4) is 0 Å². The number of nitrogens with zero attached hydrogens (tertiary/aromatic N) is 1. The van der Waals surface area contributed by atoms with Crippen LogP contribution in [0.1, 0.15) is 45.2 Å². The van der Waals surface area contributed by atoms with Crippen LogP contribution < -0.4 is 0 Å². The lowest BCUT2D eigenvalue weighted by Crippen LogP contribution is -2.17. The number of hydrogen-bond acceptors (Lipinski definition) is 1. The SMILES string of the molecule is CC1(C)CC(C)(C)c2cc(-c3ccc4ccccc4c3)ncc21. The number of fused-ring (bicyclic) bond motifs is 2. The van der Waals surface area contributed by atoms with E-state index in [1.807, 2.05) is 0 Å². The summed E-state index contributed by atoms with van der Waals surface area (Å²) in [5.41, 5.74) is 5.58. The van der Waals surface area contributed by atoms with Gasteiger partial charge in [-0.1, -0.05) is 64.1 Å². The monoisotopic (exact) mass is 301 g/mol. The van der Waals surface area contributed by atoms with Gasteiger partial charge in [0.15, 0.2) is 0 Å². The summed E-state index contributed by atoms with van der Waals surface area (Å²) in [6.45, 7) is 9.37. The molecule has 0 amide bonds. The molecule has 2 aromatic carbocycles. The van der Waals surface area contributed by atoms with Crippen molar-refractivity contribution >= 4 is 10.8 Å². The van der Waals surface area contributed by atoms with Crippen LogP contribution in [-0.4, -0.2) is 4.98 Å². The van der Waals surface area contributed by atoms with Crippen LogP contribution in [-0.2, 0) is 10.8 Å². The molecule has 1 nitrogen and oxygen atoms in total. The number of rotatable bonds is 1. The summed E-state index contributed by atoms with van der Waals surface area (Å²) in [7, 11) is 0. The molecule has 0 fully saturated rings. The lowest BCUT2D eigenvalue weighted by molar-refractivity contribution is 0.403. The molecular weight excluding hydrogens is 278 g/mol. The fourth-order valence-corrected chi connectivity index (χ4v) is 4.36. The van der Waals surface area contributed by atoms with Crippen LogP contribution in [0.15, 0.2) is 54.7 Å². The second kappa shape index (κ2) is 4.67. The zero-order valence-corrected chi connectivity index (χ0v) is 14.4. The van der Waals surface area contributed by atoms with Crippen LogP contribution in [0.4, 0.5) is 0 Å². The van der Waals surface area contributed by atoms with E-state index < -0.39 is 0 Å². The Morgan fingerprint density at radius 2 is 1.48 bits per heavy atom. The first-order chi connectivity index (χ1) is 10.9. The van der Waals surface area contributed by atoms with E-state index in [0.29, 0.717) is 0 Å². The van der Waals surface area contributed by atoms with Gasteiger partial charge >= 0.3 is 0 Å². The Hall–Kier alpha value is -2.15. The lowest BCUT2D eigenvalue weighted by atomic mass is 9.82. The summed E-state index contributed by atoms with van der Waals surface area (Å²) >= 11 is 0. The minimum absolute atomic E-state index is 0.216. The molecule has 3 aromatic rings. The van der Waals surface area contributed by atoms with E-state index in [2.05, 4.69) is 82.4 Å². The van der Waals surface area contributed by atoms with Crippen molar-refractivity contribution in [2.75, 3.05) is 0 Å². The predicted octanol–water partition coefficient (Wildman–Crippen LogP) is 5.86. The maximum absolute atomic E-state index is 4.79. The molecule has 0 unspecified atom stereocenters. The van der Waals surface area contributed by atoms with Crippen molar-refractivity contribution < 1.29 is 0 Å². The highest BCUT2D eigenvalue weighted by molar-refractivity contribution is 5.86. The molecule has 0 atom stereocenters. The number of hydrogen-bond donors (Lipinski definition) is 0. The molecule has 1 aromatic heterocycles. The quantitative estimate of drug-likeness (QED) is 0.548. The van der Waals surface area contributed by atoms with E-state index >= 15 is 0 Å². The molecule has 1 aliphatic carbocycles. The predicted molar refractivity (Wildman–Crippen MR) is 97.8 cm³/mol. The molecule has 0 aliphatic heterocycles. The number of pyridine rings is 1. The Balaban J connectivity index is 1.87. The molecule has 4 rings (SSSR count). The standard InChI is InChI=1S/C22H23N/c1-21(2)14-22(3,4)19-13-23-20(12-18(19)21)17-10-9-15-7-5-6-8-16(15)11-17/h5-13H,14H2,1-4H3. The van der Waals surface area contributed by atoms with Gasteiger partial charge in [-0.25, -0.2) is 0 Å². The van der Waals surface area contributed by atoms with Crippen LogP contribution in [0.5, 0.6) is 0 Å². The Morgan fingerprint density at radius 3 is 2.26 bits per heavy atom. The topological polar surface area (TPSA) is 12.9 Å². The Morgan fingerprint density at radius 1 is 0.783 bits per heavy atom. The lowest BCUT2D eigenvalue weighted by Gasteiger charge is -2.22. The first kappa shape index (κ1) is 14.4. The van der Waals surface area contributed by atoms with Crippen molar-refractivity contribution in [3.8, 4) is 11.3 Å². The number of benzene rings is 2. The second-order valence-corrected chi connectivity index (χ2v) is 8.12. The molecular formula is C22H23N. The van der Waals surface area contributed by atoms with E-state index in [1.54, 1.807) is 0 Å². The van der Waals surface area contributed by atoms with Crippen LogP contribution in [0, 0.1) is 0 Å². The highest BCUT2D eigenvalue weighted by Crippen LogP contribution is 2.49. The van der Waals surface area contributed by atoms with Crippen LogP contribution in [0.2, 0.25) is 0 Å². The van der Waals surface area contributed by atoms with Gasteiger partial charge in [0.25, 0.3) is 0 Å².